The molecule has 0 N–H and O–H groups in total. The van der Waals surface area contributed by atoms with Crippen LogP contribution < -0.4 is 0 Å². The lowest BCUT2D eigenvalue weighted by Crippen LogP contribution is -2.00. The molecule has 1 aliphatic heterocycles. The first-order valence-corrected chi connectivity index (χ1v) is 6.20. The summed E-state index contributed by atoms with van der Waals surface area (Å²) in [5.41, 5.74) is 0. The Balaban J connectivity index is 1.59. The lowest BCUT2D eigenvalue weighted by Gasteiger charge is -1.97. The van der Waals surface area contributed by atoms with Crippen LogP contribution in [0.15, 0.2) is 15.1 Å². The molecule has 1 unspecified atom stereocenters. The van der Waals surface area contributed by atoms with Crippen LogP contribution in [-0.4, -0.2) is 28.5 Å². The summed E-state index contributed by atoms with van der Waals surface area (Å²) in [4.78, 5) is 4.36. The summed E-state index contributed by atoms with van der Waals surface area (Å²) in [5.74, 6) is 2.31. The highest BCUT2D eigenvalue weighted by Gasteiger charge is 2.23. The van der Waals surface area contributed by atoms with Gasteiger partial charge in [-0.2, -0.15) is 4.98 Å². The predicted molar refractivity (Wildman–Crippen MR) is 61.4 cm³/mol. The van der Waals surface area contributed by atoms with E-state index in [9.17, 15) is 0 Å². The van der Waals surface area contributed by atoms with E-state index in [0.717, 1.165) is 18.9 Å². The molecule has 2 aromatic rings. The number of halogens is 1. The van der Waals surface area contributed by atoms with Crippen molar-refractivity contribution in [2.75, 3.05) is 13.2 Å². The first kappa shape index (κ1) is 11.7. The maximum atomic E-state index is 5.66. The Morgan fingerprint density at radius 1 is 1.28 bits per heavy atom. The SMILES string of the molecule is Clc1cc(CCc2nc(C3CCOC3)no2)on1. The Labute approximate surface area is 108 Å². The van der Waals surface area contributed by atoms with Crippen molar-refractivity contribution in [1.29, 1.82) is 0 Å². The zero-order valence-electron chi connectivity index (χ0n) is 9.63. The highest BCUT2D eigenvalue weighted by molar-refractivity contribution is 6.29. The second-order valence-corrected chi connectivity index (χ2v) is 4.61. The summed E-state index contributed by atoms with van der Waals surface area (Å²) >= 11 is 5.66. The molecule has 0 spiro atoms. The summed E-state index contributed by atoms with van der Waals surface area (Å²) < 4.78 is 15.5. The van der Waals surface area contributed by atoms with Gasteiger partial charge in [0.15, 0.2) is 11.0 Å². The summed E-state index contributed by atoms with van der Waals surface area (Å²) in [7, 11) is 0. The summed E-state index contributed by atoms with van der Waals surface area (Å²) in [6.07, 6.45) is 2.21. The molecule has 0 bridgehead atoms. The average Bonchev–Trinajstić information content (AvgIpc) is 3.07. The second kappa shape index (κ2) is 5.07. The molecule has 0 saturated carbocycles. The zero-order valence-corrected chi connectivity index (χ0v) is 10.4. The van der Waals surface area contributed by atoms with Crippen LogP contribution in [0, 0.1) is 0 Å². The van der Waals surface area contributed by atoms with E-state index in [4.69, 9.17) is 25.4 Å². The third-order valence-corrected chi connectivity index (χ3v) is 3.07. The fourth-order valence-corrected chi connectivity index (χ4v) is 2.07. The Morgan fingerprint density at radius 3 is 2.94 bits per heavy atom. The molecule has 3 rings (SSSR count). The van der Waals surface area contributed by atoms with Crippen molar-refractivity contribution < 1.29 is 13.8 Å². The van der Waals surface area contributed by atoms with Gasteiger partial charge in [0.1, 0.15) is 5.76 Å². The van der Waals surface area contributed by atoms with E-state index < -0.39 is 0 Å². The highest BCUT2D eigenvalue weighted by Crippen LogP contribution is 2.22. The van der Waals surface area contributed by atoms with Crippen molar-refractivity contribution in [3.05, 3.63) is 28.7 Å². The monoisotopic (exact) mass is 269 g/mol. The third kappa shape index (κ3) is 2.54. The second-order valence-electron chi connectivity index (χ2n) is 4.22. The molecule has 1 saturated heterocycles. The van der Waals surface area contributed by atoms with Crippen molar-refractivity contribution in [2.24, 2.45) is 0 Å². The van der Waals surface area contributed by atoms with E-state index in [1.165, 1.54) is 0 Å². The van der Waals surface area contributed by atoms with Gasteiger partial charge in [0.05, 0.1) is 6.61 Å². The summed E-state index contributed by atoms with van der Waals surface area (Å²) in [6.45, 7) is 1.45. The number of aryl methyl sites for hydroxylation is 2. The van der Waals surface area contributed by atoms with Crippen LogP contribution in [0.1, 0.15) is 29.8 Å². The maximum Gasteiger partial charge on any atom is 0.227 e. The van der Waals surface area contributed by atoms with Gasteiger partial charge < -0.3 is 13.8 Å². The smallest absolute Gasteiger partial charge is 0.227 e. The minimum Gasteiger partial charge on any atom is -0.381 e. The van der Waals surface area contributed by atoms with Crippen LogP contribution >= 0.6 is 11.6 Å². The van der Waals surface area contributed by atoms with Gasteiger partial charge in [-0.05, 0) is 6.42 Å². The van der Waals surface area contributed by atoms with E-state index in [1.54, 1.807) is 6.07 Å². The number of hydrogen-bond donors (Lipinski definition) is 0. The Bertz CT molecular complexity index is 519. The quantitative estimate of drug-likeness (QED) is 0.845. The van der Waals surface area contributed by atoms with Crippen LogP contribution in [0.5, 0.6) is 0 Å². The number of aromatic nitrogens is 3. The number of hydrogen-bond acceptors (Lipinski definition) is 6. The number of nitrogens with zero attached hydrogens (tertiary/aromatic N) is 3. The molecule has 3 heterocycles. The molecule has 6 nitrogen and oxygen atoms in total. The molecular formula is C11H12ClN3O3. The van der Waals surface area contributed by atoms with E-state index in [1.807, 2.05) is 0 Å². The fraction of sp³-hybridized carbons (Fsp3) is 0.545. The molecule has 2 aromatic heterocycles. The molecule has 96 valence electrons. The Morgan fingerprint density at radius 2 is 2.22 bits per heavy atom. The molecule has 1 atom stereocenters. The largest absolute Gasteiger partial charge is 0.381 e. The van der Waals surface area contributed by atoms with Gasteiger partial charge in [-0.1, -0.05) is 21.9 Å². The van der Waals surface area contributed by atoms with Crippen LogP contribution in [0.2, 0.25) is 5.15 Å². The molecule has 18 heavy (non-hydrogen) atoms. The van der Waals surface area contributed by atoms with Gasteiger partial charge in [0.25, 0.3) is 0 Å². The number of ether oxygens (including phenoxy) is 1. The van der Waals surface area contributed by atoms with E-state index in [-0.39, 0.29) is 5.92 Å². The van der Waals surface area contributed by atoms with Crippen molar-refractivity contribution in [3.63, 3.8) is 0 Å². The van der Waals surface area contributed by atoms with Crippen LogP contribution in [0.3, 0.4) is 0 Å². The predicted octanol–water partition coefficient (Wildman–Crippen LogP) is 2.00. The molecule has 0 amide bonds. The van der Waals surface area contributed by atoms with Crippen molar-refractivity contribution in [3.8, 4) is 0 Å². The van der Waals surface area contributed by atoms with Crippen LogP contribution in [-0.2, 0) is 17.6 Å². The van der Waals surface area contributed by atoms with Gasteiger partial charge in [-0.15, -0.1) is 0 Å². The minimum absolute atomic E-state index is 0.266. The van der Waals surface area contributed by atoms with Gasteiger partial charge in [0, 0.05) is 31.4 Å². The minimum atomic E-state index is 0.266. The third-order valence-electron chi connectivity index (χ3n) is 2.89. The van der Waals surface area contributed by atoms with E-state index in [2.05, 4.69) is 15.3 Å². The molecule has 1 fully saturated rings. The fourth-order valence-electron chi connectivity index (χ4n) is 1.91. The van der Waals surface area contributed by atoms with E-state index >= 15 is 0 Å². The van der Waals surface area contributed by atoms with Crippen molar-refractivity contribution in [2.45, 2.75) is 25.2 Å². The maximum absolute atomic E-state index is 5.66. The van der Waals surface area contributed by atoms with E-state index in [0.29, 0.717) is 36.3 Å². The Hall–Kier alpha value is -1.40. The zero-order chi connectivity index (χ0) is 12.4. The lowest BCUT2D eigenvalue weighted by atomic mass is 10.1. The van der Waals surface area contributed by atoms with Gasteiger partial charge in [-0.3, -0.25) is 0 Å². The first-order chi connectivity index (χ1) is 8.81. The van der Waals surface area contributed by atoms with Crippen LogP contribution in [0.4, 0.5) is 0 Å². The van der Waals surface area contributed by atoms with Crippen LogP contribution in [0.25, 0.3) is 0 Å². The van der Waals surface area contributed by atoms with Crippen molar-refractivity contribution >= 4 is 11.6 Å². The van der Waals surface area contributed by atoms with Gasteiger partial charge in [-0.25, -0.2) is 0 Å². The summed E-state index contributed by atoms with van der Waals surface area (Å²) in [6, 6.07) is 1.68. The molecule has 0 aromatic carbocycles. The molecule has 0 aliphatic carbocycles. The normalized spacial score (nSPS) is 19.5. The first-order valence-electron chi connectivity index (χ1n) is 5.82. The lowest BCUT2D eigenvalue weighted by molar-refractivity contribution is 0.192. The molecule has 0 radical (unpaired) electrons. The standard InChI is InChI=1S/C11H12ClN3O3/c12-9-5-8(17-14-9)1-2-10-13-11(15-18-10)7-3-4-16-6-7/h5,7H,1-4,6H2. The topological polar surface area (TPSA) is 74.2 Å². The molecular weight excluding hydrogens is 258 g/mol. The summed E-state index contributed by atoms with van der Waals surface area (Å²) in [5, 5.41) is 7.94. The Kier molecular flexibility index (Phi) is 3.29. The highest BCUT2D eigenvalue weighted by atomic mass is 35.5. The number of rotatable bonds is 4. The average molecular weight is 270 g/mol. The molecule has 7 heteroatoms. The van der Waals surface area contributed by atoms with Crippen molar-refractivity contribution in [1.82, 2.24) is 15.3 Å². The van der Waals surface area contributed by atoms with Gasteiger partial charge in [0.2, 0.25) is 5.89 Å². The van der Waals surface area contributed by atoms with Gasteiger partial charge >= 0.3 is 0 Å². The molecule has 1 aliphatic rings.